The Kier molecular flexibility index (Phi) is 2.28. The summed E-state index contributed by atoms with van der Waals surface area (Å²) in [6.45, 7) is 0. The molecular weight excluding hydrogens is 200 g/mol. The van der Waals surface area contributed by atoms with Gasteiger partial charge in [0.15, 0.2) is 0 Å². The number of pyridine rings is 1. The molecule has 0 fully saturated rings. The fourth-order valence-electron chi connectivity index (χ4n) is 1.81. The second-order valence-corrected chi connectivity index (χ2v) is 5.41. The van der Waals surface area contributed by atoms with E-state index in [0.717, 1.165) is 11.3 Å². The Hall–Kier alpha value is -0.940. The zero-order valence-electron chi connectivity index (χ0n) is 7.68. The summed E-state index contributed by atoms with van der Waals surface area (Å²) in [5.41, 5.74) is 2.02. The van der Waals surface area contributed by atoms with Gasteiger partial charge in [0.1, 0.15) is 0 Å². The third kappa shape index (κ3) is 1.78. The predicted molar refractivity (Wildman–Crippen MR) is 53.2 cm³/mol. The molecule has 1 aromatic rings. The van der Waals surface area contributed by atoms with Gasteiger partial charge in [-0.15, -0.1) is 0 Å². The van der Waals surface area contributed by atoms with Crippen molar-refractivity contribution in [1.82, 2.24) is 4.98 Å². The van der Waals surface area contributed by atoms with E-state index in [9.17, 15) is 8.42 Å². The minimum Gasteiger partial charge on any atom is -0.261 e. The van der Waals surface area contributed by atoms with Gasteiger partial charge >= 0.3 is 0 Å². The van der Waals surface area contributed by atoms with Crippen molar-refractivity contribution in [3.8, 4) is 0 Å². The van der Waals surface area contributed by atoms with E-state index in [4.69, 9.17) is 5.14 Å². The molecule has 0 saturated heterocycles. The van der Waals surface area contributed by atoms with Gasteiger partial charge in [-0.2, -0.15) is 0 Å². The van der Waals surface area contributed by atoms with Crippen LogP contribution in [0.1, 0.15) is 17.7 Å². The maximum atomic E-state index is 11.2. The molecule has 1 heterocycles. The second kappa shape index (κ2) is 3.33. The maximum absolute atomic E-state index is 11.2. The highest BCUT2D eigenvalue weighted by atomic mass is 32.2. The van der Waals surface area contributed by atoms with Crippen LogP contribution in [0.2, 0.25) is 0 Å². The molecule has 5 heteroatoms. The van der Waals surface area contributed by atoms with Gasteiger partial charge in [0.2, 0.25) is 10.0 Å². The van der Waals surface area contributed by atoms with Crippen LogP contribution < -0.4 is 5.14 Å². The summed E-state index contributed by atoms with van der Waals surface area (Å²) in [4.78, 5) is 4.20. The Morgan fingerprint density at radius 2 is 2.29 bits per heavy atom. The molecule has 0 radical (unpaired) electrons. The van der Waals surface area contributed by atoms with Gasteiger partial charge in [0, 0.05) is 11.9 Å². The molecule has 2 N–H and O–H groups in total. The minimum atomic E-state index is -3.40. The summed E-state index contributed by atoms with van der Waals surface area (Å²) in [6.07, 6.45) is 3.53. The van der Waals surface area contributed by atoms with Gasteiger partial charge in [-0.1, -0.05) is 6.07 Å². The van der Waals surface area contributed by atoms with E-state index in [1.54, 1.807) is 6.20 Å². The number of primary sulfonamides is 1. The Labute approximate surface area is 83.2 Å². The van der Waals surface area contributed by atoms with Crippen molar-refractivity contribution in [2.75, 3.05) is 0 Å². The molecule has 1 atom stereocenters. The van der Waals surface area contributed by atoms with Crippen molar-refractivity contribution in [3.63, 3.8) is 0 Å². The summed E-state index contributed by atoms with van der Waals surface area (Å²) in [5.74, 6) is 0. The van der Waals surface area contributed by atoms with Crippen LogP contribution in [-0.2, 0) is 22.9 Å². The summed E-state index contributed by atoms with van der Waals surface area (Å²) in [7, 11) is -3.40. The zero-order chi connectivity index (χ0) is 10.2. The molecule has 0 saturated carbocycles. The fraction of sp³-hybridized carbons (Fsp3) is 0.444. The molecule has 2 rings (SSSR count). The molecule has 76 valence electrons. The van der Waals surface area contributed by atoms with Crippen molar-refractivity contribution < 1.29 is 8.42 Å². The molecule has 1 aliphatic carbocycles. The second-order valence-electron chi connectivity index (χ2n) is 3.56. The molecule has 0 aliphatic heterocycles. The monoisotopic (exact) mass is 212 g/mol. The van der Waals surface area contributed by atoms with Crippen LogP contribution in [0.4, 0.5) is 0 Å². The van der Waals surface area contributed by atoms with Crippen LogP contribution in [0.5, 0.6) is 0 Å². The molecule has 0 spiro atoms. The van der Waals surface area contributed by atoms with Crippen LogP contribution in [0.25, 0.3) is 0 Å². The van der Waals surface area contributed by atoms with Crippen molar-refractivity contribution in [1.29, 1.82) is 0 Å². The molecule has 1 aliphatic rings. The lowest BCUT2D eigenvalue weighted by atomic mass is 9.96. The average molecular weight is 212 g/mol. The molecule has 1 aromatic heterocycles. The Balaban J connectivity index is 2.30. The van der Waals surface area contributed by atoms with E-state index in [0.29, 0.717) is 19.3 Å². The Morgan fingerprint density at radius 1 is 1.50 bits per heavy atom. The summed E-state index contributed by atoms with van der Waals surface area (Å²) in [6, 6.07) is 3.74. The number of rotatable bonds is 1. The average Bonchev–Trinajstić information content (AvgIpc) is 2.16. The molecule has 1 unspecified atom stereocenters. The number of fused-ring (bicyclic) bond motifs is 1. The van der Waals surface area contributed by atoms with Gasteiger partial charge in [-0.25, -0.2) is 13.6 Å². The van der Waals surface area contributed by atoms with Gasteiger partial charge in [-0.3, -0.25) is 4.98 Å². The number of hydrogen-bond donors (Lipinski definition) is 1. The highest BCUT2D eigenvalue weighted by Crippen LogP contribution is 2.22. The van der Waals surface area contributed by atoms with Crippen molar-refractivity contribution in [2.45, 2.75) is 24.5 Å². The normalized spacial score (nSPS) is 21.6. The van der Waals surface area contributed by atoms with E-state index < -0.39 is 15.3 Å². The quantitative estimate of drug-likeness (QED) is 0.724. The van der Waals surface area contributed by atoms with E-state index in [2.05, 4.69) is 4.98 Å². The number of nitrogens with two attached hydrogens (primary N) is 1. The maximum Gasteiger partial charge on any atom is 0.212 e. The topological polar surface area (TPSA) is 73.1 Å². The molecule has 0 bridgehead atoms. The first kappa shape index (κ1) is 9.61. The molecular formula is C9H12N2O2S. The fourth-order valence-corrected chi connectivity index (χ4v) is 2.67. The summed E-state index contributed by atoms with van der Waals surface area (Å²) < 4.78 is 22.3. The molecule has 0 aromatic carbocycles. The third-order valence-electron chi connectivity index (χ3n) is 2.60. The van der Waals surface area contributed by atoms with Crippen LogP contribution >= 0.6 is 0 Å². The standard InChI is InChI=1S/C9H12N2O2S/c10-14(12,13)8-3-4-9-7(6-8)2-1-5-11-9/h1-2,5,8H,3-4,6H2,(H2,10,12,13). The third-order valence-corrected chi connectivity index (χ3v) is 3.93. The van der Waals surface area contributed by atoms with Crippen molar-refractivity contribution >= 4 is 10.0 Å². The van der Waals surface area contributed by atoms with Gasteiger partial charge in [-0.05, 0) is 30.9 Å². The largest absolute Gasteiger partial charge is 0.261 e. The SMILES string of the molecule is NS(=O)(=O)C1CCc2ncccc2C1. The number of aryl methyl sites for hydroxylation is 1. The van der Waals surface area contributed by atoms with E-state index >= 15 is 0 Å². The predicted octanol–water partition coefficient (Wildman–Crippen LogP) is 0.227. The first-order chi connectivity index (χ1) is 6.57. The van der Waals surface area contributed by atoms with Gasteiger partial charge < -0.3 is 0 Å². The highest BCUT2D eigenvalue weighted by Gasteiger charge is 2.27. The number of sulfonamides is 1. The number of aromatic nitrogens is 1. The zero-order valence-corrected chi connectivity index (χ0v) is 8.50. The van der Waals surface area contributed by atoms with Crippen LogP contribution in [0, 0.1) is 0 Å². The van der Waals surface area contributed by atoms with E-state index in [-0.39, 0.29) is 0 Å². The van der Waals surface area contributed by atoms with E-state index in [1.807, 2.05) is 12.1 Å². The first-order valence-electron chi connectivity index (χ1n) is 4.52. The lowest BCUT2D eigenvalue weighted by Crippen LogP contribution is -2.33. The smallest absolute Gasteiger partial charge is 0.212 e. The van der Waals surface area contributed by atoms with Crippen LogP contribution in [-0.4, -0.2) is 18.7 Å². The van der Waals surface area contributed by atoms with Crippen LogP contribution in [0.3, 0.4) is 0 Å². The molecule has 4 nitrogen and oxygen atoms in total. The number of hydrogen-bond acceptors (Lipinski definition) is 3. The Morgan fingerprint density at radius 3 is 3.00 bits per heavy atom. The van der Waals surface area contributed by atoms with Crippen molar-refractivity contribution in [3.05, 3.63) is 29.6 Å². The molecule has 14 heavy (non-hydrogen) atoms. The van der Waals surface area contributed by atoms with Crippen LogP contribution in [0.15, 0.2) is 18.3 Å². The van der Waals surface area contributed by atoms with Gasteiger partial charge in [0.05, 0.1) is 5.25 Å². The lowest BCUT2D eigenvalue weighted by molar-refractivity contribution is 0.560. The first-order valence-corrected chi connectivity index (χ1v) is 6.12. The molecule has 0 amide bonds. The minimum absolute atomic E-state index is 0.431. The van der Waals surface area contributed by atoms with Gasteiger partial charge in [0.25, 0.3) is 0 Å². The highest BCUT2D eigenvalue weighted by molar-refractivity contribution is 7.89. The van der Waals surface area contributed by atoms with Crippen molar-refractivity contribution in [2.24, 2.45) is 5.14 Å². The summed E-state index contributed by atoms with van der Waals surface area (Å²) >= 11 is 0. The lowest BCUT2D eigenvalue weighted by Gasteiger charge is -2.21. The summed E-state index contributed by atoms with van der Waals surface area (Å²) in [5, 5.41) is 4.69. The van der Waals surface area contributed by atoms with E-state index in [1.165, 1.54) is 0 Å². The number of nitrogens with zero attached hydrogens (tertiary/aromatic N) is 1. The Bertz CT molecular complexity index is 442.